The topological polar surface area (TPSA) is 51.2 Å². The van der Waals surface area contributed by atoms with E-state index >= 15 is 0 Å². The fourth-order valence-electron chi connectivity index (χ4n) is 2.18. The van der Waals surface area contributed by atoms with Crippen LogP contribution in [0.5, 0.6) is 0 Å². The van der Waals surface area contributed by atoms with Gasteiger partial charge in [-0.1, -0.05) is 30.3 Å². The Balaban J connectivity index is 1.59. The zero-order chi connectivity index (χ0) is 13.8. The highest BCUT2D eigenvalue weighted by atomic mass is 32.1. The van der Waals surface area contributed by atoms with Crippen molar-refractivity contribution in [3.05, 3.63) is 41.4 Å². The van der Waals surface area contributed by atoms with E-state index in [0.29, 0.717) is 13.2 Å². The van der Waals surface area contributed by atoms with Crippen LogP contribution in [0.25, 0.3) is 10.6 Å². The predicted molar refractivity (Wildman–Crippen MR) is 78.4 cm³/mol. The summed E-state index contributed by atoms with van der Waals surface area (Å²) in [6.07, 6.45) is 1.51. The van der Waals surface area contributed by atoms with Crippen LogP contribution in [-0.4, -0.2) is 23.6 Å². The highest BCUT2D eigenvalue weighted by molar-refractivity contribution is 7.13. The summed E-state index contributed by atoms with van der Waals surface area (Å²) in [7, 11) is 0. The van der Waals surface area contributed by atoms with E-state index in [4.69, 9.17) is 4.74 Å². The summed E-state index contributed by atoms with van der Waals surface area (Å²) in [6, 6.07) is 10.0. The Morgan fingerprint density at radius 3 is 3.00 bits per heavy atom. The second-order valence-corrected chi connectivity index (χ2v) is 5.59. The number of benzene rings is 1. The smallest absolute Gasteiger partial charge is 0.249 e. The molecule has 1 amide bonds. The number of hydrogen-bond acceptors (Lipinski definition) is 4. The summed E-state index contributed by atoms with van der Waals surface area (Å²) in [5.74, 6) is -0.0308. The molecule has 0 bridgehead atoms. The lowest BCUT2D eigenvalue weighted by atomic mass is 10.2. The molecule has 4 nitrogen and oxygen atoms in total. The van der Waals surface area contributed by atoms with Gasteiger partial charge in [0.1, 0.15) is 11.1 Å². The minimum atomic E-state index is -0.276. The number of ether oxygens (including phenoxy) is 1. The molecule has 104 valence electrons. The van der Waals surface area contributed by atoms with Gasteiger partial charge >= 0.3 is 0 Å². The third-order valence-corrected chi connectivity index (χ3v) is 4.18. The molecule has 1 N–H and O–H groups in total. The van der Waals surface area contributed by atoms with Crippen molar-refractivity contribution in [2.24, 2.45) is 0 Å². The maximum absolute atomic E-state index is 11.8. The van der Waals surface area contributed by atoms with Gasteiger partial charge in [-0.2, -0.15) is 0 Å². The van der Waals surface area contributed by atoms with E-state index in [-0.39, 0.29) is 12.0 Å². The Kier molecular flexibility index (Phi) is 4.08. The van der Waals surface area contributed by atoms with Gasteiger partial charge in [-0.3, -0.25) is 4.79 Å². The third kappa shape index (κ3) is 3.05. The van der Waals surface area contributed by atoms with Gasteiger partial charge < -0.3 is 10.1 Å². The van der Waals surface area contributed by atoms with Crippen molar-refractivity contribution in [2.75, 3.05) is 6.61 Å². The van der Waals surface area contributed by atoms with Crippen LogP contribution in [0.15, 0.2) is 35.7 Å². The van der Waals surface area contributed by atoms with Crippen molar-refractivity contribution >= 4 is 17.2 Å². The molecule has 0 spiro atoms. The van der Waals surface area contributed by atoms with Gasteiger partial charge in [-0.05, 0) is 12.8 Å². The standard InChI is InChI=1S/C15H16N2O2S/c18-14(13-7-4-8-19-13)16-9-12-10-20-15(17-12)11-5-2-1-3-6-11/h1-3,5-6,10,13H,4,7-9H2,(H,16,18)/t13-/m1/s1. The molecule has 5 heteroatoms. The van der Waals surface area contributed by atoms with Gasteiger partial charge in [-0.25, -0.2) is 4.98 Å². The van der Waals surface area contributed by atoms with Gasteiger partial charge in [0.2, 0.25) is 5.91 Å². The molecule has 1 fully saturated rings. The summed E-state index contributed by atoms with van der Waals surface area (Å²) in [5.41, 5.74) is 1.99. The molecule has 0 saturated carbocycles. The van der Waals surface area contributed by atoms with Crippen LogP contribution in [-0.2, 0) is 16.1 Å². The van der Waals surface area contributed by atoms with Crippen LogP contribution in [0.4, 0.5) is 0 Å². The summed E-state index contributed by atoms with van der Waals surface area (Å²) < 4.78 is 5.35. The Morgan fingerprint density at radius 2 is 2.25 bits per heavy atom. The molecule has 1 atom stereocenters. The number of amides is 1. The number of nitrogens with zero attached hydrogens (tertiary/aromatic N) is 1. The van der Waals surface area contributed by atoms with E-state index in [9.17, 15) is 4.79 Å². The molecule has 1 aliphatic heterocycles. The fraction of sp³-hybridized carbons (Fsp3) is 0.333. The molecule has 2 aromatic rings. The minimum absolute atomic E-state index is 0.0308. The third-order valence-electron chi connectivity index (χ3n) is 3.24. The van der Waals surface area contributed by atoms with Crippen LogP contribution >= 0.6 is 11.3 Å². The van der Waals surface area contributed by atoms with Crippen molar-refractivity contribution in [3.63, 3.8) is 0 Å². The molecule has 0 aliphatic carbocycles. The number of rotatable bonds is 4. The molecule has 1 aliphatic rings. The summed E-state index contributed by atoms with van der Waals surface area (Å²) in [5, 5.41) is 5.85. The molecule has 1 saturated heterocycles. The number of aromatic nitrogens is 1. The lowest BCUT2D eigenvalue weighted by Gasteiger charge is -2.08. The van der Waals surface area contributed by atoms with Gasteiger partial charge in [0.05, 0.1) is 12.2 Å². The normalized spacial score (nSPS) is 18.1. The van der Waals surface area contributed by atoms with Crippen LogP contribution in [0.2, 0.25) is 0 Å². The van der Waals surface area contributed by atoms with Gasteiger partial charge in [-0.15, -0.1) is 11.3 Å². The molecule has 3 rings (SSSR count). The average molecular weight is 288 g/mol. The Bertz CT molecular complexity index is 577. The van der Waals surface area contributed by atoms with E-state index in [1.807, 2.05) is 35.7 Å². The van der Waals surface area contributed by atoms with Crippen LogP contribution in [0.1, 0.15) is 18.5 Å². The maximum Gasteiger partial charge on any atom is 0.249 e. The number of nitrogens with one attached hydrogen (secondary N) is 1. The fourth-order valence-corrected chi connectivity index (χ4v) is 3.00. The molecule has 20 heavy (non-hydrogen) atoms. The van der Waals surface area contributed by atoms with Crippen LogP contribution in [0.3, 0.4) is 0 Å². The largest absolute Gasteiger partial charge is 0.368 e. The second kappa shape index (κ2) is 6.15. The van der Waals surface area contributed by atoms with Crippen molar-refractivity contribution in [1.82, 2.24) is 10.3 Å². The van der Waals surface area contributed by atoms with E-state index < -0.39 is 0 Å². The number of carbonyl (C=O) groups excluding carboxylic acids is 1. The summed E-state index contributed by atoms with van der Waals surface area (Å²) in [4.78, 5) is 16.4. The highest BCUT2D eigenvalue weighted by Gasteiger charge is 2.23. The first-order valence-corrected chi connectivity index (χ1v) is 7.60. The lowest BCUT2D eigenvalue weighted by Crippen LogP contribution is -2.33. The Morgan fingerprint density at radius 1 is 1.40 bits per heavy atom. The van der Waals surface area contributed by atoms with Gasteiger partial charge in [0, 0.05) is 17.6 Å². The van der Waals surface area contributed by atoms with Crippen molar-refractivity contribution in [2.45, 2.75) is 25.5 Å². The monoisotopic (exact) mass is 288 g/mol. The van der Waals surface area contributed by atoms with Crippen LogP contribution in [0, 0.1) is 0 Å². The molecule has 0 radical (unpaired) electrons. The lowest BCUT2D eigenvalue weighted by molar-refractivity contribution is -0.130. The first kappa shape index (κ1) is 13.3. The summed E-state index contributed by atoms with van der Waals surface area (Å²) in [6.45, 7) is 1.15. The zero-order valence-electron chi connectivity index (χ0n) is 11.0. The Hall–Kier alpha value is -1.72. The molecule has 1 aromatic heterocycles. The molecule has 0 unspecified atom stereocenters. The quantitative estimate of drug-likeness (QED) is 0.941. The maximum atomic E-state index is 11.8. The van der Waals surface area contributed by atoms with Crippen LogP contribution < -0.4 is 5.32 Å². The zero-order valence-corrected chi connectivity index (χ0v) is 11.9. The first-order chi connectivity index (χ1) is 9.83. The highest BCUT2D eigenvalue weighted by Crippen LogP contribution is 2.23. The van der Waals surface area contributed by atoms with Gasteiger partial charge in [0.25, 0.3) is 0 Å². The van der Waals surface area contributed by atoms with Crippen molar-refractivity contribution in [3.8, 4) is 10.6 Å². The second-order valence-electron chi connectivity index (χ2n) is 4.73. The SMILES string of the molecule is O=C(NCc1csc(-c2ccccc2)n1)[C@H]1CCCO1. The number of thiazole rings is 1. The first-order valence-electron chi connectivity index (χ1n) is 6.72. The minimum Gasteiger partial charge on any atom is -0.368 e. The van der Waals surface area contributed by atoms with Gasteiger partial charge in [0.15, 0.2) is 0 Å². The molecule has 1 aromatic carbocycles. The average Bonchev–Trinajstić information content (AvgIpc) is 3.17. The Labute approximate surface area is 121 Å². The molecular formula is C15H16N2O2S. The van der Waals surface area contributed by atoms with E-state index in [1.54, 1.807) is 11.3 Å². The molecular weight excluding hydrogens is 272 g/mol. The number of hydrogen-bond donors (Lipinski definition) is 1. The van der Waals surface area contributed by atoms with Crippen molar-refractivity contribution < 1.29 is 9.53 Å². The van der Waals surface area contributed by atoms with Crippen molar-refractivity contribution in [1.29, 1.82) is 0 Å². The predicted octanol–water partition coefficient (Wildman–Crippen LogP) is 2.61. The van der Waals surface area contributed by atoms with E-state index in [1.165, 1.54) is 0 Å². The van der Waals surface area contributed by atoms with E-state index in [0.717, 1.165) is 29.1 Å². The number of carbonyl (C=O) groups is 1. The van der Waals surface area contributed by atoms with E-state index in [2.05, 4.69) is 10.3 Å². The summed E-state index contributed by atoms with van der Waals surface area (Å²) >= 11 is 1.59. The molecule has 2 heterocycles.